The number of carbonyl (C=O) groups excluding carboxylic acids is 1. The van der Waals surface area contributed by atoms with Gasteiger partial charge in [-0.05, 0) is 24.1 Å². The van der Waals surface area contributed by atoms with E-state index in [1.54, 1.807) is 35.9 Å². The van der Waals surface area contributed by atoms with Crippen LogP contribution in [0.4, 0.5) is 5.82 Å². The highest BCUT2D eigenvalue weighted by molar-refractivity contribution is 7.19. The zero-order chi connectivity index (χ0) is 15.1. The lowest BCUT2D eigenvalue weighted by molar-refractivity contribution is 0.0737. The van der Waals surface area contributed by atoms with Crippen molar-refractivity contribution in [3.63, 3.8) is 0 Å². The van der Waals surface area contributed by atoms with E-state index in [-0.39, 0.29) is 5.91 Å². The summed E-state index contributed by atoms with van der Waals surface area (Å²) in [5.41, 5.74) is 7.84. The van der Waals surface area contributed by atoms with Gasteiger partial charge >= 0.3 is 0 Å². The van der Waals surface area contributed by atoms with Crippen molar-refractivity contribution >= 4 is 33.3 Å². The highest BCUT2D eigenvalue weighted by Crippen LogP contribution is 2.36. The van der Waals surface area contributed by atoms with Gasteiger partial charge in [0.05, 0.1) is 11.9 Å². The van der Waals surface area contributed by atoms with Crippen LogP contribution in [0.5, 0.6) is 0 Å². The molecular formula is C15H13N5OS. The van der Waals surface area contributed by atoms with Gasteiger partial charge in [0.25, 0.3) is 5.91 Å². The average Bonchev–Trinajstić information content (AvgIpc) is 2.93. The van der Waals surface area contributed by atoms with Gasteiger partial charge in [-0.15, -0.1) is 11.3 Å². The molecule has 4 rings (SSSR count). The van der Waals surface area contributed by atoms with Crippen LogP contribution in [0.15, 0.2) is 30.9 Å². The summed E-state index contributed by atoms with van der Waals surface area (Å²) in [7, 11) is 0. The number of hydrogen-bond acceptors (Lipinski definition) is 6. The summed E-state index contributed by atoms with van der Waals surface area (Å²) in [5, 5.41) is 0.957. The number of rotatable bonds is 1. The van der Waals surface area contributed by atoms with Crippen molar-refractivity contribution in [2.75, 3.05) is 12.3 Å². The molecule has 3 aromatic heterocycles. The summed E-state index contributed by atoms with van der Waals surface area (Å²) >= 11 is 1.59. The second-order valence-corrected chi connectivity index (χ2v) is 6.24. The number of fused-ring (bicyclic) bond motifs is 3. The van der Waals surface area contributed by atoms with E-state index >= 15 is 0 Å². The van der Waals surface area contributed by atoms with E-state index in [1.807, 2.05) is 4.90 Å². The van der Waals surface area contributed by atoms with Crippen LogP contribution in [0.25, 0.3) is 10.2 Å². The summed E-state index contributed by atoms with van der Waals surface area (Å²) in [6.07, 6.45) is 5.54. The monoisotopic (exact) mass is 311 g/mol. The standard InChI is InChI=1S/C15H13N5OS/c16-13-12-10-3-6-20(15(21)9-1-4-17-5-2-9)7-11(10)22-14(12)19-8-18-13/h1-2,4-5,8H,3,6-7H2,(H2,16,18,19). The Labute approximate surface area is 130 Å². The van der Waals surface area contributed by atoms with E-state index in [2.05, 4.69) is 15.0 Å². The Hall–Kier alpha value is -2.54. The molecule has 1 aliphatic heterocycles. The number of aromatic nitrogens is 3. The zero-order valence-corrected chi connectivity index (χ0v) is 12.5. The average molecular weight is 311 g/mol. The number of amides is 1. The van der Waals surface area contributed by atoms with Crippen LogP contribution < -0.4 is 5.73 Å². The van der Waals surface area contributed by atoms with E-state index < -0.39 is 0 Å². The van der Waals surface area contributed by atoms with Crippen LogP contribution in [-0.2, 0) is 13.0 Å². The molecule has 3 aromatic rings. The third kappa shape index (κ3) is 2.01. The van der Waals surface area contributed by atoms with Crippen molar-refractivity contribution in [3.8, 4) is 0 Å². The van der Waals surface area contributed by atoms with Gasteiger partial charge in [-0.3, -0.25) is 9.78 Å². The minimum absolute atomic E-state index is 0.0320. The molecule has 0 atom stereocenters. The number of nitrogens with zero attached hydrogens (tertiary/aromatic N) is 4. The van der Waals surface area contributed by atoms with Crippen LogP contribution in [0.3, 0.4) is 0 Å². The number of nitrogen functional groups attached to an aromatic ring is 1. The van der Waals surface area contributed by atoms with Crippen LogP contribution in [-0.4, -0.2) is 32.3 Å². The minimum atomic E-state index is 0.0320. The van der Waals surface area contributed by atoms with Crippen molar-refractivity contribution in [3.05, 3.63) is 46.9 Å². The molecule has 7 heteroatoms. The Bertz CT molecular complexity index is 861. The highest BCUT2D eigenvalue weighted by Gasteiger charge is 2.26. The van der Waals surface area contributed by atoms with Crippen molar-refractivity contribution in [1.29, 1.82) is 0 Å². The molecular weight excluding hydrogens is 298 g/mol. The highest BCUT2D eigenvalue weighted by atomic mass is 32.1. The summed E-state index contributed by atoms with van der Waals surface area (Å²) in [5.74, 6) is 0.556. The van der Waals surface area contributed by atoms with E-state index in [9.17, 15) is 4.79 Å². The Morgan fingerprint density at radius 3 is 2.91 bits per heavy atom. The molecule has 1 aliphatic rings. The topological polar surface area (TPSA) is 85.0 Å². The summed E-state index contributed by atoms with van der Waals surface area (Å²) < 4.78 is 0. The summed E-state index contributed by atoms with van der Waals surface area (Å²) in [4.78, 5) is 28.8. The first kappa shape index (κ1) is 13.1. The summed E-state index contributed by atoms with van der Waals surface area (Å²) in [6, 6.07) is 3.48. The number of hydrogen-bond donors (Lipinski definition) is 1. The molecule has 2 N–H and O–H groups in total. The molecule has 0 bridgehead atoms. The lowest BCUT2D eigenvalue weighted by atomic mass is 10.0. The lowest BCUT2D eigenvalue weighted by Crippen LogP contribution is -2.35. The molecule has 0 unspecified atom stereocenters. The first-order chi connectivity index (χ1) is 10.7. The fourth-order valence-electron chi connectivity index (χ4n) is 2.80. The first-order valence-electron chi connectivity index (χ1n) is 6.94. The largest absolute Gasteiger partial charge is 0.383 e. The fourth-order valence-corrected chi connectivity index (χ4v) is 4.01. The Morgan fingerprint density at radius 2 is 2.09 bits per heavy atom. The van der Waals surface area contributed by atoms with Gasteiger partial charge in [0.1, 0.15) is 17.0 Å². The second-order valence-electron chi connectivity index (χ2n) is 5.16. The maximum Gasteiger partial charge on any atom is 0.254 e. The van der Waals surface area contributed by atoms with Crippen molar-refractivity contribution in [1.82, 2.24) is 19.9 Å². The maximum atomic E-state index is 12.5. The van der Waals surface area contributed by atoms with E-state index in [1.165, 1.54) is 11.9 Å². The van der Waals surface area contributed by atoms with Gasteiger partial charge in [0, 0.05) is 29.4 Å². The lowest BCUT2D eigenvalue weighted by Gasteiger charge is -2.27. The molecule has 110 valence electrons. The molecule has 0 saturated carbocycles. The van der Waals surface area contributed by atoms with E-state index in [0.29, 0.717) is 24.5 Å². The number of nitrogens with two attached hydrogens (primary N) is 1. The van der Waals surface area contributed by atoms with Crippen molar-refractivity contribution < 1.29 is 4.79 Å². The van der Waals surface area contributed by atoms with Gasteiger partial charge in [-0.25, -0.2) is 9.97 Å². The molecule has 4 heterocycles. The van der Waals surface area contributed by atoms with E-state index in [4.69, 9.17) is 5.73 Å². The molecule has 1 amide bonds. The van der Waals surface area contributed by atoms with Crippen LogP contribution in [0.1, 0.15) is 20.8 Å². The molecule has 0 saturated heterocycles. The zero-order valence-electron chi connectivity index (χ0n) is 11.7. The molecule has 0 spiro atoms. The fraction of sp³-hybridized carbons (Fsp3) is 0.200. The Balaban J connectivity index is 1.69. The van der Waals surface area contributed by atoms with Crippen molar-refractivity contribution in [2.45, 2.75) is 13.0 Å². The van der Waals surface area contributed by atoms with Gasteiger partial charge in [-0.1, -0.05) is 0 Å². The smallest absolute Gasteiger partial charge is 0.254 e. The quantitative estimate of drug-likeness (QED) is 0.741. The normalized spacial score (nSPS) is 14.1. The van der Waals surface area contributed by atoms with E-state index in [0.717, 1.165) is 21.5 Å². The molecule has 0 fully saturated rings. The van der Waals surface area contributed by atoms with Crippen LogP contribution in [0.2, 0.25) is 0 Å². The number of anilines is 1. The number of thiophene rings is 1. The molecule has 0 aromatic carbocycles. The van der Waals surface area contributed by atoms with Crippen LogP contribution in [0, 0.1) is 0 Å². The predicted molar refractivity (Wildman–Crippen MR) is 84.5 cm³/mol. The van der Waals surface area contributed by atoms with Crippen molar-refractivity contribution in [2.24, 2.45) is 0 Å². The van der Waals surface area contributed by atoms with Gasteiger partial charge in [0.15, 0.2) is 0 Å². The van der Waals surface area contributed by atoms with Crippen LogP contribution >= 0.6 is 11.3 Å². The first-order valence-corrected chi connectivity index (χ1v) is 7.75. The molecule has 0 radical (unpaired) electrons. The Morgan fingerprint density at radius 1 is 1.27 bits per heavy atom. The van der Waals surface area contributed by atoms with Gasteiger partial charge in [-0.2, -0.15) is 0 Å². The maximum absolute atomic E-state index is 12.5. The molecule has 6 nitrogen and oxygen atoms in total. The van der Waals surface area contributed by atoms with Gasteiger partial charge < -0.3 is 10.6 Å². The molecule has 22 heavy (non-hydrogen) atoms. The minimum Gasteiger partial charge on any atom is -0.383 e. The second kappa shape index (κ2) is 5.03. The number of carbonyl (C=O) groups is 1. The third-order valence-electron chi connectivity index (χ3n) is 3.88. The predicted octanol–water partition coefficient (Wildman–Crippen LogP) is 1.87. The Kier molecular flexibility index (Phi) is 3.00. The van der Waals surface area contributed by atoms with Gasteiger partial charge in [0.2, 0.25) is 0 Å². The number of pyridine rings is 1. The summed E-state index contributed by atoms with van der Waals surface area (Å²) in [6.45, 7) is 1.27. The third-order valence-corrected chi connectivity index (χ3v) is 5.01. The SMILES string of the molecule is Nc1ncnc2sc3c(c12)CCN(C(=O)c1ccncc1)C3. The molecule has 0 aliphatic carbocycles.